The lowest BCUT2D eigenvalue weighted by atomic mass is 10.0. The summed E-state index contributed by atoms with van der Waals surface area (Å²) in [7, 11) is 1.70. The highest BCUT2D eigenvalue weighted by molar-refractivity contribution is 5.28. The fourth-order valence-corrected chi connectivity index (χ4v) is 2.38. The van der Waals surface area contributed by atoms with Crippen LogP contribution in [0.15, 0.2) is 54.6 Å². The molecule has 0 aliphatic carbocycles. The van der Waals surface area contributed by atoms with E-state index in [1.54, 1.807) is 7.11 Å². The van der Waals surface area contributed by atoms with Gasteiger partial charge < -0.3 is 10.1 Å². The van der Waals surface area contributed by atoms with Crippen molar-refractivity contribution in [1.29, 1.82) is 0 Å². The van der Waals surface area contributed by atoms with Crippen molar-refractivity contribution in [3.63, 3.8) is 0 Å². The molecule has 0 bridgehead atoms. The molecule has 2 aromatic carbocycles. The lowest BCUT2D eigenvalue weighted by molar-refractivity contribution is 0.413. The van der Waals surface area contributed by atoms with Crippen LogP contribution in [0.4, 0.5) is 0 Å². The van der Waals surface area contributed by atoms with Gasteiger partial charge >= 0.3 is 0 Å². The summed E-state index contributed by atoms with van der Waals surface area (Å²) in [6.45, 7) is 3.08. The van der Waals surface area contributed by atoms with Crippen LogP contribution in [-0.2, 0) is 6.54 Å². The lowest BCUT2D eigenvalue weighted by Gasteiger charge is -2.19. The number of hydrogen-bond donors (Lipinski definition) is 1. The summed E-state index contributed by atoms with van der Waals surface area (Å²) in [4.78, 5) is 0. The van der Waals surface area contributed by atoms with Crippen molar-refractivity contribution in [2.24, 2.45) is 0 Å². The molecule has 0 aliphatic heterocycles. The van der Waals surface area contributed by atoms with Crippen molar-refractivity contribution in [2.75, 3.05) is 7.11 Å². The van der Waals surface area contributed by atoms with Gasteiger partial charge in [0.1, 0.15) is 5.75 Å². The number of rotatable bonds is 7. The molecule has 0 radical (unpaired) electrons. The molecule has 1 atom stereocenters. The largest absolute Gasteiger partial charge is 0.497 e. The summed E-state index contributed by atoms with van der Waals surface area (Å²) >= 11 is 0. The van der Waals surface area contributed by atoms with Gasteiger partial charge in [0.2, 0.25) is 0 Å². The average molecular weight is 269 g/mol. The molecular formula is C18H23NO. The smallest absolute Gasteiger partial charge is 0.119 e. The third-order valence-corrected chi connectivity index (χ3v) is 3.47. The van der Waals surface area contributed by atoms with E-state index in [2.05, 4.69) is 54.7 Å². The van der Waals surface area contributed by atoms with Crippen molar-refractivity contribution in [3.05, 3.63) is 65.7 Å². The summed E-state index contributed by atoms with van der Waals surface area (Å²) < 4.78 is 5.27. The van der Waals surface area contributed by atoms with E-state index in [4.69, 9.17) is 4.74 Å². The number of nitrogens with one attached hydrogen (secondary N) is 1. The monoisotopic (exact) mass is 269 g/mol. The van der Waals surface area contributed by atoms with E-state index in [0.29, 0.717) is 6.04 Å². The topological polar surface area (TPSA) is 21.3 Å². The number of hydrogen-bond acceptors (Lipinski definition) is 2. The van der Waals surface area contributed by atoms with Crippen LogP contribution in [0.1, 0.15) is 36.9 Å². The zero-order valence-electron chi connectivity index (χ0n) is 12.3. The summed E-state index contributed by atoms with van der Waals surface area (Å²) in [5.74, 6) is 0.913. The Bertz CT molecular complexity index is 510. The van der Waals surface area contributed by atoms with Gasteiger partial charge in [-0.25, -0.2) is 0 Å². The van der Waals surface area contributed by atoms with Crippen LogP contribution in [-0.4, -0.2) is 7.11 Å². The lowest BCUT2D eigenvalue weighted by Crippen LogP contribution is -2.20. The van der Waals surface area contributed by atoms with Crippen molar-refractivity contribution < 1.29 is 4.74 Å². The van der Waals surface area contributed by atoms with Crippen LogP contribution < -0.4 is 10.1 Å². The Morgan fingerprint density at radius 1 is 1.05 bits per heavy atom. The highest BCUT2D eigenvalue weighted by Crippen LogP contribution is 2.19. The summed E-state index contributed by atoms with van der Waals surface area (Å²) in [6.07, 6.45) is 2.32. The molecule has 0 saturated carbocycles. The predicted molar refractivity (Wildman–Crippen MR) is 83.9 cm³/mol. The molecule has 0 aliphatic rings. The van der Waals surface area contributed by atoms with E-state index in [-0.39, 0.29) is 0 Å². The highest BCUT2D eigenvalue weighted by Gasteiger charge is 2.09. The Kier molecular flexibility index (Phi) is 5.63. The molecule has 20 heavy (non-hydrogen) atoms. The fraction of sp³-hybridized carbons (Fsp3) is 0.333. The quantitative estimate of drug-likeness (QED) is 0.808. The number of benzene rings is 2. The Labute approximate surface area is 121 Å². The Balaban J connectivity index is 2.02. The van der Waals surface area contributed by atoms with E-state index in [9.17, 15) is 0 Å². The maximum atomic E-state index is 5.27. The summed E-state index contributed by atoms with van der Waals surface area (Å²) in [5, 5.41) is 3.65. The fourth-order valence-electron chi connectivity index (χ4n) is 2.38. The highest BCUT2D eigenvalue weighted by atomic mass is 16.5. The number of ether oxygens (including phenoxy) is 1. The second kappa shape index (κ2) is 7.71. The Morgan fingerprint density at radius 2 is 1.85 bits per heavy atom. The maximum absolute atomic E-state index is 5.27. The van der Waals surface area contributed by atoms with E-state index in [1.807, 2.05) is 12.1 Å². The minimum absolute atomic E-state index is 0.410. The van der Waals surface area contributed by atoms with Gasteiger partial charge in [0, 0.05) is 12.6 Å². The number of methoxy groups -OCH3 is 1. The van der Waals surface area contributed by atoms with E-state index < -0.39 is 0 Å². The third kappa shape index (κ3) is 4.10. The van der Waals surface area contributed by atoms with Gasteiger partial charge in [-0.15, -0.1) is 0 Å². The van der Waals surface area contributed by atoms with Gasteiger partial charge in [0.25, 0.3) is 0 Å². The molecule has 2 heteroatoms. The van der Waals surface area contributed by atoms with Crippen LogP contribution in [0.3, 0.4) is 0 Å². The second-order valence-electron chi connectivity index (χ2n) is 4.98. The minimum atomic E-state index is 0.410. The zero-order chi connectivity index (χ0) is 14.2. The molecular weight excluding hydrogens is 246 g/mol. The average Bonchev–Trinajstić information content (AvgIpc) is 2.52. The van der Waals surface area contributed by atoms with Crippen LogP contribution in [0.25, 0.3) is 0 Å². The molecule has 0 saturated heterocycles. The zero-order valence-corrected chi connectivity index (χ0v) is 12.3. The van der Waals surface area contributed by atoms with Gasteiger partial charge in [-0.05, 0) is 29.7 Å². The molecule has 0 aromatic heterocycles. The Hall–Kier alpha value is -1.80. The van der Waals surface area contributed by atoms with Crippen LogP contribution >= 0.6 is 0 Å². The SMILES string of the molecule is CCCC(NCc1cccc(OC)c1)c1ccccc1. The predicted octanol–water partition coefficient (Wildman–Crippen LogP) is 4.33. The first kappa shape index (κ1) is 14.6. The first-order valence-corrected chi connectivity index (χ1v) is 7.24. The second-order valence-corrected chi connectivity index (χ2v) is 4.98. The minimum Gasteiger partial charge on any atom is -0.497 e. The van der Waals surface area contributed by atoms with E-state index in [1.165, 1.54) is 17.5 Å². The van der Waals surface area contributed by atoms with Crippen LogP contribution in [0, 0.1) is 0 Å². The van der Waals surface area contributed by atoms with E-state index in [0.717, 1.165) is 18.7 Å². The third-order valence-electron chi connectivity index (χ3n) is 3.47. The van der Waals surface area contributed by atoms with Crippen LogP contribution in [0.5, 0.6) is 5.75 Å². The van der Waals surface area contributed by atoms with Gasteiger partial charge in [-0.1, -0.05) is 55.8 Å². The normalized spacial score (nSPS) is 12.1. The van der Waals surface area contributed by atoms with Gasteiger partial charge in [0.05, 0.1) is 7.11 Å². The van der Waals surface area contributed by atoms with E-state index >= 15 is 0 Å². The van der Waals surface area contributed by atoms with Gasteiger partial charge in [-0.3, -0.25) is 0 Å². The molecule has 1 N–H and O–H groups in total. The molecule has 0 spiro atoms. The molecule has 106 valence electrons. The Morgan fingerprint density at radius 3 is 2.55 bits per heavy atom. The standard InChI is InChI=1S/C18H23NO/c1-3-8-18(16-10-5-4-6-11-16)19-14-15-9-7-12-17(13-15)20-2/h4-7,9-13,18-19H,3,8,14H2,1-2H3. The van der Waals surface area contributed by atoms with Crippen molar-refractivity contribution in [3.8, 4) is 5.75 Å². The van der Waals surface area contributed by atoms with Crippen molar-refractivity contribution >= 4 is 0 Å². The van der Waals surface area contributed by atoms with Gasteiger partial charge in [-0.2, -0.15) is 0 Å². The molecule has 0 heterocycles. The maximum Gasteiger partial charge on any atom is 0.119 e. The molecule has 2 aromatic rings. The van der Waals surface area contributed by atoms with Crippen molar-refractivity contribution in [1.82, 2.24) is 5.32 Å². The summed E-state index contributed by atoms with van der Waals surface area (Å²) in [5.41, 5.74) is 2.61. The molecule has 1 unspecified atom stereocenters. The molecule has 0 fully saturated rings. The molecule has 0 amide bonds. The summed E-state index contributed by atoms with van der Waals surface area (Å²) in [6, 6.07) is 19.3. The van der Waals surface area contributed by atoms with Gasteiger partial charge in [0.15, 0.2) is 0 Å². The molecule has 2 rings (SSSR count). The first-order chi connectivity index (χ1) is 9.83. The first-order valence-electron chi connectivity index (χ1n) is 7.24. The van der Waals surface area contributed by atoms with Crippen molar-refractivity contribution in [2.45, 2.75) is 32.4 Å². The molecule has 2 nitrogen and oxygen atoms in total. The van der Waals surface area contributed by atoms with Crippen LogP contribution in [0.2, 0.25) is 0 Å².